The monoisotopic (exact) mass is 444 g/mol. The van der Waals surface area contributed by atoms with E-state index in [1.54, 1.807) is 7.05 Å². The Bertz CT molecular complexity index is 708. The number of ether oxygens (including phenoxy) is 1. The maximum Gasteiger partial charge on any atom is 0.305 e. The summed E-state index contributed by atoms with van der Waals surface area (Å²) in [6, 6.07) is 10.3. The predicted molar refractivity (Wildman–Crippen MR) is 129 cm³/mol. The summed E-state index contributed by atoms with van der Waals surface area (Å²) < 4.78 is 4.94. The molecule has 1 amide bonds. The van der Waals surface area contributed by atoms with E-state index < -0.39 is 0 Å². The van der Waals surface area contributed by atoms with Crippen molar-refractivity contribution < 1.29 is 14.3 Å². The van der Waals surface area contributed by atoms with Crippen molar-refractivity contribution >= 4 is 17.8 Å². The van der Waals surface area contributed by atoms with Crippen LogP contribution in [0.1, 0.15) is 57.4 Å². The molecule has 1 atom stereocenters. The number of rotatable bonds is 14. The van der Waals surface area contributed by atoms with E-state index in [-0.39, 0.29) is 11.9 Å². The van der Waals surface area contributed by atoms with Crippen LogP contribution in [0.5, 0.6) is 0 Å². The number of hydrogen-bond acceptors (Lipinski definition) is 4. The van der Waals surface area contributed by atoms with Crippen molar-refractivity contribution in [3.8, 4) is 0 Å². The Kier molecular flexibility index (Phi) is 12.3. The van der Waals surface area contributed by atoms with Crippen LogP contribution in [-0.2, 0) is 20.7 Å². The number of esters is 1. The summed E-state index contributed by atoms with van der Waals surface area (Å²) in [5, 5.41) is 6.73. The quantitative estimate of drug-likeness (QED) is 0.199. The molecule has 0 aliphatic carbocycles. The zero-order valence-corrected chi connectivity index (χ0v) is 19.8. The van der Waals surface area contributed by atoms with Crippen LogP contribution in [0.25, 0.3) is 0 Å². The number of hydrogen-bond donors (Lipinski definition) is 2. The van der Waals surface area contributed by atoms with Gasteiger partial charge < -0.3 is 20.3 Å². The highest BCUT2D eigenvalue weighted by Crippen LogP contribution is 2.17. The minimum atomic E-state index is -0.0904. The summed E-state index contributed by atoms with van der Waals surface area (Å²) in [6.07, 6.45) is 7.30. The van der Waals surface area contributed by atoms with Crippen LogP contribution in [0, 0.1) is 5.92 Å². The van der Waals surface area contributed by atoms with Gasteiger partial charge in [-0.15, -0.1) is 0 Å². The second-order valence-corrected chi connectivity index (χ2v) is 8.35. The number of guanidine groups is 1. The molecule has 0 bridgehead atoms. The molecule has 1 aromatic carbocycles. The fourth-order valence-corrected chi connectivity index (χ4v) is 3.94. The molecule has 1 unspecified atom stereocenters. The maximum atomic E-state index is 12.3. The van der Waals surface area contributed by atoms with Crippen molar-refractivity contribution in [1.82, 2.24) is 15.5 Å². The number of aliphatic imine (C=N–C) groups is 1. The molecule has 0 spiro atoms. The maximum absolute atomic E-state index is 12.3. The van der Waals surface area contributed by atoms with Crippen molar-refractivity contribution in [2.75, 3.05) is 39.8 Å². The van der Waals surface area contributed by atoms with Crippen LogP contribution in [0.3, 0.4) is 0 Å². The van der Waals surface area contributed by atoms with Gasteiger partial charge in [-0.1, -0.05) is 49.6 Å². The average Bonchev–Trinajstić information content (AvgIpc) is 3.16. The van der Waals surface area contributed by atoms with Gasteiger partial charge >= 0.3 is 5.97 Å². The van der Waals surface area contributed by atoms with Gasteiger partial charge in [0.15, 0.2) is 5.96 Å². The molecule has 1 aliphatic heterocycles. The van der Waals surface area contributed by atoms with Gasteiger partial charge in [-0.05, 0) is 31.7 Å². The molecule has 32 heavy (non-hydrogen) atoms. The summed E-state index contributed by atoms with van der Waals surface area (Å²) >= 11 is 0. The normalized spacial score (nSPS) is 16.3. The van der Waals surface area contributed by atoms with E-state index in [1.807, 2.05) is 30.0 Å². The van der Waals surface area contributed by atoms with Gasteiger partial charge in [0.2, 0.25) is 5.91 Å². The number of amides is 1. The van der Waals surface area contributed by atoms with Gasteiger partial charge in [0.1, 0.15) is 0 Å². The lowest BCUT2D eigenvalue weighted by Crippen LogP contribution is -2.40. The van der Waals surface area contributed by atoms with Crippen molar-refractivity contribution in [1.29, 1.82) is 0 Å². The van der Waals surface area contributed by atoms with E-state index in [1.165, 1.54) is 5.56 Å². The third kappa shape index (κ3) is 10.2. The summed E-state index contributed by atoms with van der Waals surface area (Å²) in [5.74, 6) is 1.27. The predicted octanol–water partition coefficient (Wildman–Crippen LogP) is 3.15. The first-order valence-electron chi connectivity index (χ1n) is 12.0. The third-order valence-electron chi connectivity index (χ3n) is 5.75. The Labute approximate surface area is 193 Å². The lowest BCUT2D eigenvalue weighted by atomic mass is 10.1. The second kappa shape index (κ2) is 15.3. The number of nitrogens with zero attached hydrogens (tertiary/aromatic N) is 2. The largest absolute Gasteiger partial charge is 0.466 e. The number of nitrogens with one attached hydrogen (secondary N) is 2. The summed E-state index contributed by atoms with van der Waals surface area (Å²) in [6.45, 7) is 5.51. The minimum Gasteiger partial charge on any atom is -0.466 e. The Balaban J connectivity index is 1.53. The molecule has 0 aromatic heterocycles. The molecular formula is C25H40N4O3. The van der Waals surface area contributed by atoms with Crippen molar-refractivity contribution in [3.05, 3.63) is 35.9 Å². The van der Waals surface area contributed by atoms with Crippen LogP contribution in [-0.4, -0.2) is 62.6 Å². The molecule has 7 heteroatoms. The molecule has 7 nitrogen and oxygen atoms in total. The van der Waals surface area contributed by atoms with Crippen molar-refractivity contribution in [3.63, 3.8) is 0 Å². The molecule has 2 N–H and O–H groups in total. The number of carbonyl (C=O) groups is 2. The second-order valence-electron chi connectivity index (χ2n) is 8.35. The number of benzene rings is 1. The van der Waals surface area contributed by atoms with E-state index in [0.717, 1.165) is 70.7 Å². The van der Waals surface area contributed by atoms with Crippen LogP contribution in [0.4, 0.5) is 0 Å². The summed E-state index contributed by atoms with van der Waals surface area (Å²) in [4.78, 5) is 29.9. The van der Waals surface area contributed by atoms with Crippen LogP contribution in [0.15, 0.2) is 35.3 Å². The Morgan fingerprint density at radius 2 is 1.88 bits per heavy atom. The molecule has 178 valence electrons. The van der Waals surface area contributed by atoms with Crippen LogP contribution >= 0.6 is 0 Å². The smallest absolute Gasteiger partial charge is 0.305 e. The SMILES string of the molecule is CCOC(=O)CCCCCCCNC(=NC)NCC1CC(=O)N(CCc2ccccc2)C1. The van der Waals surface area contributed by atoms with Gasteiger partial charge in [0, 0.05) is 52.0 Å². The lowest BCUT2D eigenvalue weighted by molar-refractivity contribution is -0.143. The van der Waals surface area contributed by atoms with E-state index >= 15 is 0 Å². The van der Waals surface area contributed by atoms with Gasteiger partial charge in [-0.25, -0.2) is 0 Å². The molecule has 0 radical (unpaired) electrons. The fraction of sp³-hybridized carbons (Fsp3) is 0.640. The first-order chi connectivity index (χ1) is 15.6. The first-order valence-corrected chi connectivity index (χ1v) is 12.0. The summed E-state index contributed by atoms with van der Waals surface area (Å²) in [7, 11) is 1.77. The van der Waals surface area contributed by atoms with Crippen molar-refractivity contribution in [2.45, 2.75) is 58.3 Å². The molecule has 1 fully saturated rings. The van der Waals surface area contributed by atoms with Gasteiger partial charge in [-0.2, -0.15) is 0 Å². The molecule has 1 aromatic rings. The standard InChI is InChI=1S/C25H40N4O3/c1-3-32-24(31)14-10-5-4-6-11-16-27-25(26-2)28-19-22-18-23(30)29(20-22)17-15-21-12-8-7-9-13-21/h7-9,12-13,22H,3-6,10-11,14-20H2,1-2H3,(H2,26,27,28). The van der Waals surface area contributed by atoms with Gasteiger partial charge in [0.05, 0.1) is 6.61 Å². The molecular weight excluding hydrogens is 404 g/mol. The Morgan fingerprint density at radius 1 is 1.12 bits per heavy atom. The molecule has 0 saturated carbocycles. The highest BCUT2D eigenvalue weighted by Gasteiger charge is 2.29. The molecule has 2 rings (SSSR count). The average molecular weight is 445 g/mol. The van der Waals surface area contributed by atoms with Gasteiger partial charge in [0.25, 0.3) is 0 Å². The Hall–Kier alpha value is -2.57. The number of likely N-dealkylation sites (tertiary alicyclic amines) is 1. The van der Waals surface area contributed by atoms with Gasteiger partial charge in [-0.3, -0.25) is 14.6 Å². The first kappa shape index (κ1) is 25.7. The highest BCUT2D eigenvalue weighted by molar-refractivity contribution is 5.80. The molecule has 1 saturated heterocycles. The lowest BCUT2D eigenvalue weighted by Gasteiger charge is -2.18. The van der Waals surface area contributed by atoms with E-state index in [9.17, 15) is 9.59 Å². The zero-order valence-electron chi connectivity index (χ0n) is 19.8. The minimum absolute atomic E-state index is 0.0904. The Morgan fingerprint density at radius 3 is 2.62 bits per heavy atom. The van der Waals surface area contributed by atoms with E-state index in [4.69, 9.17) is 4.74 Å². The summed E-state index contributed by atoms with van der Waals surface area (Å²) in [5.41, 5.74) is 1.27. The fourth-order valence-electron chi connectivity index (χ4n) is 3.94. The molecule has 1 aliphatic rings. The van der Waals surface area contributed by atoms with E-state index in [0.29, 0.717) is 25.4 Å². The van der Waals surface area contributed by atoms with E-state index in [2.05, 4.69) is 27.8 Å². The van der Waals surface area contributed by atoms with Crippen LogP contribution in [0.2, 0.25) is 0 Å². The molecule has 1 heterocycles. The third-order valence-corrected chi connectivity index (χ3v) is 5.75. The number of carbonyl (C=O) groups excluding carboxylic acids is 2. The van der Waals surface area contributed by atoms with Crippen LogP contribution < -0.4 is 10.6 Å². The zero-order chi connectivity index (χ0) is 23.0. The highest BCUT2D eigenvalue weighted by atomic mass is 16.5. The topological polar surface area (TPSA) is 83.0 Å². The van der Waals surface area contributed by atoms with Crippen molar-refractivity contribution in [2.24, 2.45) is 10.9 Å². The number of unbranched alkanes of at least 4 members (excludes halogenated alkanes) is 4.